The Morgan fingerprint density at radius 2 is 1.67 bits per heavy atom. The quantitative estimate of drug-likeness (QED) is 0.764. The first-order chi connectivity index (χ1) is 7.04. The molecule has 1 aromatic rings. The highest BCUT2D eigenvalue weighted by atomic mass is 15.1. The predicted molar refractivity (Wildman–Crippen MR) is 66.0 cm³/mol. The van der Waals surface area contributed by atoms with Gasteiger partial charge in [0.05, 0.1) is 0 Å². The lowest BCUT2D eigenvalue weighted by Crippen LogP contribution is -2.28. The van der Waals surface area contributed by atoms with Crippen LogP contribution in [0.4, 0.5) is 0 Å². The van der Waals surface area contributed by atoms with E-state index in [1.165, 1.54) is 22.3 Å². The molecule has 15 heavy (non-hydrogen) atoms. The summed E-state index contributed by atoms with van der Waals surface area (Å²) in [6.07, 6.45) is 1.09. The molecule has 0 amide bonds. The zero-order valence-corrected chi connectivity index (χ0v) is 10.3. The van der Waals surface area contributed by atoms with Gasteiger partial charge < -0.3 is 5.73 Å². The fraction of sp³-hybridized carbons (Fsp3) is 0.538. The molecule has 1 rings (SSSR count). The molecule has 0 heterocycles. The Bertz CT molecular complexity index is 308. The van der Waals surface area contributed by atoms with E-state index >= 15 is 0 Å². The van der Waals surface area contributed by atoms with Crippen LogP contribution >= 0.6 is 0 Å². The second-order valence-corrected chi connectivity index (χ2v) is 4.39. The van der Waals surface area contributed by atoms with Crippen LogP contribution in [0, 0.1) is 20.8 Å². The average Bonchev–Trinajstić information content (AvgIpc) is 2.15. The van der Waals surface area contributed by atoms with Crippen LogP contribution in [0.3, 0.4) is 0 Å². The molecular weight excluding hydrogens is 184 g/mol. The van der Waals surface area contributed by atoms with Gasteiger partial charge in [-0.15, -0.1) is 0 Å². The van der Waals surface area contributed by atoms with Gasteiger partial charge in [-0.3, -0.25) is 4.90 Å². The lowest BCUT2D eigenvalue weighted by atomic mass is 9.97. The molecule has 0 radical (unpaired) electrons. The molecule has 2 nitrogen and oxygen atoms in total. The van der Waals surface area contributed by atoms with Gasteiger partial charge in [0.15, 0.2) is 0 Å². The number of benzene rings is 1. The van der Waals surface area contributed by atoms with Crippen molar-refractivity contribution in [1.29, 1.82) is 0 Å². The molecule has 2 N–H and O–H groups in total. The molecule has 84 valence electrons. The minimum atomic E-state index is 0.629. The monoisotopic (exact) mass is 206 g/mol. The molecule has 0 spiro atoms. The topological polar surface area (TPSA) is 29.3 Å². The van der Waals surface area contributed by atoms with E-state index in [0.717, 1.165) is 13.0 Å². The third kappa shape index (κ3) is 3.33. The molecular formula is C13H22N2. The Morgan fingerprint density at radius 3 is 2.13 bits per heavy atom. The van der Waals surface area contributed by atoms with Crippen LogP contribution < -0.4 is 5.73 Å². The summed E-state index contributed by atoms with van der Waals surface area (Å²) in [5.41, 5.74) is 11.2. The molecule has 0 aliphatic carbocycles. The van der Waals surface area contributed by atoms with Crippen LogP contribution in [0.25, 0.3) is 0 Å². The second-order valence-electron chi connectivity index (χ2n) is 4.39. The van der Waals surface area contributed by atoms with Crippen molar-refractivity contribution < 1.29 is 0 Å². The van der Waals surface area contributed by atoms with Crippen molar-refractivity contribution in [3.05, 3.63) is 34.4 Å². The highest BCUT2D eigenvalue weighted by Gasteiger charge is 2.04. The summed E-state index contributed by atoms with van der Waals surface area (Å²) in [6, 6.07) is 4.51. The summed E-state index contributed by atoms with van der Waals surface area (Å²) in [7, 11) is 2.05. The predicted octanol–water partition coefficient (Wildman–Crippen LogP) is 2.00. The number of likely N-dealkylation sites (N-methyl/N-ethyl adjacent to an activating group) is 1. The van der Waals surface area contributed by atoms with Crippen LogP contribution in [0.15, 0.2) is 12.1 Å². The van der Waals surface area contributed by atoms with E-state index < -0.39 is 0 Å². The third-order valence-electron chi connectivity index (χ3n) is 2.90. The summed E-state index contributed by atoms with van der Waals surface area (Å²) in [6.45, 7) is 8.19. The fourth-order valence-electron chi connectivity index (χ4n) is 2.00. The summed E-state index contributed by atoms with van der Waals surface area (Å²) < 4.78 is 0. The zero-order valence-electron chi connectivity index (χ0n) is 10.3. The van der Waals surface area contributed by atoms with Gasteiger partial charge in [0.1, 0.15) is 0 Å². The van der Waals surface area contributed by atoms with Gasteiger partial charge in [-0.2, -0.15) is 0 Å². The van der Waals surface area contributed by atoms with E-state index in [1.807, 2.05) is 0 Å². The van der Waals surface area contributed by atoms with Crippen LogP contribution in [-0.4, -0.2) is 25.2 Å². The number of nitrogens with two attached hydrogens (primary N) is 1. The lowest BCUT2D eigenvalue weighted by Gasteiger charge is -2.16. The highest BCUT2D eigenvalue weighted by molar-refractivity contribution is 5.37. The molecule has 0 aromatic heterocycles. The van der Waals surface area contributed by atoms with E-state index in [-0.39, 0.29) is 0 Å². The first-order valence-corrected chi connectivity index (χ1v) is 5.50. The normalized spacial score (nSPS) is 11.1. The minimum Gasteiger partial charge on any atom is -0.318 e. The maximum atomic E-state index is 5.56. The van der Waals surface area contributed by atoms with Gasteiger partial charge in [-0.25, -0.2) is 0 Å². The highest BCUT2D eigenvalue weighted by Crippen LogP contribution is 2.16. The van der Waals surface area contributed by atoms with Gasteiger partial charge >= 0.3 is 0 Å². The number of nitrogens with zero attached hydrogens (tertiary/aromatic N) is 1. The van der Waals surface area contributed by atoms with Gasteiger partial charge in [0.2, 0.25) is 0 Å². The maximum Gasteiger partial charge on any atom is 0.0452 e. The maximum absolute atomic E-state index is 5.56. The standard InChI is InChI=1S/C13H22N2/c1-10-7-11(2)13(12(3)8-10)5-6-15(4)9-14/h7-8H,5-6,9,14H2,1-4H3. The molecule has 0 atom stereocenters. The first kappa shape index (κ1) is 12.2. The number of aryl methyl sites for hydroxylation is 3. The summed E-state index contributed by atoms with van der Waals surface area (Å²) in [4.78, 5) is 2.14. The summed E-state index contributed by atoms with van der Waals surface area (Å²) in [5, 5.41) is 0. The Hall–Kier alpha value is -0.860. The molecule has 0 aliphatic rings. The van der Waals surface area contributed by atoms with Crippen molar-refractivity contribution in [3.8, 4) is 0 Å². The van der Waals surface area contributed by atoms with E-state index in [0.29, 0.717) is 6.67 Å². The summed E-state index contributed by atoms with van der Waals surface area (Å²) >= 11 is 0. The van der Waals surface area contributed by atoms with Crippen LogP contribution in [0.5, 0.6) is 0 Å². The molecule has 2 heteroatoms. The van der Waals surface area contributed by atoms with Crippen molar-refractivity contribution in [2.45, 2.75) is 27.2 Å². The van der Waals surface area contributed by atoms with Gasteiger partial charge in [0, 0.05) is 13.2 Å². The molecule has 0 saturated carbocycles. The van der Waals surface area contributed by atoms with E-state index in [9.17, 15) is 0 Å². The third-order valence-corrected chi connectivity index (χ3v) is 2.90. The van der Waals surface area contributed by atoms with Crippen LogP contribution in [0.1, 0.15) is 22.3 Å². The lowest BCUT2D eigenvalue weighted by molar-refractivity contribution is 0.349. The molecule has 1 aromatic carbocycles. The molecule has 0 bridgehead atoms. The SMILES string of the molecule is Cc1cc(C)c(CCN(C)CN)c(C)c1. The van der Waals surface area contributed by atoms with Crippen LogP contribution in [0.2, 0.25) is 0 Å². The van der Waals surface area contributed by atoms with Gasteiger partial charge in [-0.1, -0.05) is 17.7 Å². The molecule has 0 unspecified atom stereocenters. The van der Waals surface area contributed by atoms with Crippen molar-refractivity contribution in [1.82, 2.24) is 4.90 Å². The van der Waals surface area contributed by atoms with Gasteiger partial charge in [0.25, 0.3) is 0 Å². The smallest absolute Gasteiger partial charge is 0.0452 e. The van der Waals surface area contributed by atoms with E-state index in [1.54, 1.807) is 0 Å². The van der Waals surface area contributed by atoms with Crippen LogP contribution in [-0.2, 0) is 6.42 Å². The summed E-state index contributed by atoms with van der Waals surface area (Å²) in [5.74, 6) is 0. The fourth-order valence-corrected chi connectivity index (χ4v) is 2.00. The van der Waals surface area contributed by atoms with Gasteiger partial charge in [-0.05, 0) is 50.9 Å². The number of rotatable bonds is 4. The number of hydrogen-bond acceptors (Lipinski definition) is 2. The molecule has 0 saturated heterocycles. The Morgan fingerprint density at radius 1 is 1.13 bits per heavy atom. The Kier molecular flexibility index (Phi) is 4.30. The number of hydrogen-bond donors (Lipinski definition) is 1. The van der Waals surface area contributed by atoms with Crippen molar-refractivity contribution in [3.63, 3.8) is 0 Å². The Balaban J connectivity index is 2.77. The van der Waals surface area contributed by atoms with E-state index in [4.69, 9.17) is 5.73 Å². The second kappa shape index (κ2) is 5.29. The molecule has 0 fully saturated rings. The Labute approximate surface area is 93.1 Å². The van der Waals surface area contributed by atoms with Crippen molar-refractivity contribution >= 4 is 0 Å². The van der Waals surface area contributed by atoms with Crippen molar-refractivity contribution in [2.75, 3.05) is 20.3 Å². The largest absolute Gasteiger partial charge is 0.318 e. The first-order valence-electron chi connectivity index (χ1n) is 5.50. The van der Waals surface area contributed by atoms with Crippen molar-refractivity contribution in [2.24, 2.45) is 5.73 Å². The minimum absolute atomic E-state index is 0.629. The van der Waals surface area contributed by atoms with E-state index in [2.05, 4.69) is 44.9 Å². The zero-order chi connectivity index (χ0) is 11.4. The average molecular weight is 206 g/mol. The molecule has 0 aliphatic heterocycles.